The Morgan fingerprint density at radius 3 is 2.75 bits per heavy atom. The molecule has 0 aliphatic carbocycles. The van der Waals surface area contributed by atoms with E-state index in [4.69, 9.17) is 11.6 Å². The fraction of sp³-hybridized carbons (Fsp3) is 0.214. The van der Waals surface area contributed by atoms with E-state index in [1.54, 1.807) is 12.1 Å². The Bertz CT molecular complexity index is 665. The Balaban J connectivity index is 2.23. The van der Waals surface area contributed by atoms with Crippen LogP contribution in [0.4, 0.5) is 5.69 Å². The summed E-state index contributed by atoms with van der Waals surface area (Å²) in [6.07, 6.45) is 3.62. The molecule has 0 spiro atoms. The summed E-state index contributed by atoms with van der Waals surface area (Å²) < 4.78 is 0.693. The van der Waals surface area contributed by atoms with Gasteiger partial charge in [-0.3, -0.25) is 10.1 Å². The molecule has 0 bridgehead atoms. The molecule has 1 heterocycles. The zero-order chi connectivity index (χ0) is 14.7. The Morgan fingerprint density at radius 1 is 1.40 bits per heavy atom. The molecule has 2 rings (SSSR count). The van der Waals surface area contributed by atoms with Crippen molar-refractivity contribution in [2.24, 2.45) is 0 Å². The number of hydrogen-bond acceptors (Lipinski definition) is 4. The molecule has 0 aliphatic heterocycles. The van der Waals surface area contributed by atoms with Crippen LogP contribution >= 0.6 is 22.9 Å². The van der Waals surface area contributed by atoms with Crippen LogP contribution < -0.4 is 0 Å². The summed E-state index contributed by atoms with van der Waals surface area (Å²) in [6, 6.07) is 6.46. The summed E-state index contributed by atoms with van der Waals surface area (Å²) in [5.74, 6) is 0.277. The Morgan fingerprint density at radius 2 is 2.15 bits per heavy atom. The van der Waals surface area contributed by atoms with Gasteiger partial charge in [0.15, 0.2) is 0 Å². The van der Waals surface area contributed by atoms with Gasteiger partial charge in [0.25, 0.3) is 5.69 Å². The normalized spacial score (nSPS) is 11.4. The van der Waals surface area contributed by atoms with Gasteiger partial charge in [-0.25, -0.2) is 4.98 Å². The van der Waals surface area contributed by atoms with Crippen LogP contribution in [0.15, 0.2) is 24.3 Å². The van der Waals surface area contributed by atoms with Gasteiger partial charge in [-0.15, -0.1) is 11.3 Å². The van der Waals surface area contributed by atoms with Crippen molar-refractivity contribution < 1.29 is 4.92 Å². The quantitative estimate of drug-likeness (QED) is 0.590. The van der Waals surface area contributed by atoms with Gasteiger partial charge < -0.3 is 0 Å². The first-order valence-corrected chi connectivity index (χ1v) is 7.25. The Kier molecular flexibility index (Phi) is 4.52. The van der Waals surface area contributed by atoms with Gasteiger partial charge in [0.2, 0.25) is 0 Å². The zero-order valence-electron chi connectivity index (χ0n) is 11.0. The van der Waals surface area contributed by atoms with Gasteiger partial charge in [-0.1, -0.05) is 43.7 Å². The highest BCUT2D eigenvalue weighted by Crippen LogP contribution is 2.30. The highest BCUT2D eigenvalue weighted by Gasteiger charge is 2.11. The number of hydrogen-bond donors (Lipinski definition) is 0. The summed E-state index contributed by atoms with van der Waals surface area (Å²) in [6.45, 7) is 4.07. The van der Waals surface area contributed by atoms with Gasteiger partial charge in [0, 0.05) is 12.1 Å². The fourth-order valence-electron chi connectivity index (χ4n) is 1.67. The first-order chi connectivity index (χ1) is 9.47. The van der Waals surface area contributed by atoms with Gasteiger partial charge in [0.05, 0.1) is 10.6 Å². The van der Waals surface area contributed by atoms with E-state index >= 15 is 0 Å². The standard InChI is InChI=1S/C14H13ClN2O2S/c1-9(2)13-14(15)20-12(16-13)7-6-10-4-3-5-11(8-10)17(18)19/h3-9H,1-2H3/b7-6+. The molecule has 0 N–H and O–H groups in total. The molecular formula is C14H13ClN2O2S. The third-order valence-corrected chi connectivity index (χ3v) is 3.92. The van der Waals surface area contributed by atoms with Crippen LogP contribution in [0.1, 0.15) is 36.0 Å². The number of aromatic nitrogens is 1. The third kappa shape index (κ3) is 3.43. The number of nitro benzene ring substituents is 1. The van der Waals surface area contributed by atoms with Crippen LogP contribution in [0.2, 0.25) is 4.34 Å². The van der Waals surface area contributed by atoms with Gasteiger partial charge in [-0.2, -0.15) is 0 Å². The van der Waals surface area contributed by atoms with Crippen LogP contribution in [-0.4, -0.2) is 9.91 Å². The molecule has 0 atom stereocenters. The topological polar surface area (TPSA) is 56.0 Å². The molecule has 0 saturated carbocycles. The van der Waals surface area contributed by atoms with E-state index in [1.165, 1.54) is 23.5 Å². The number of thiazole rings is 1. The molecule has 0 fully saturated rings. The molecule has 6 heteroatoms. The lowest BCUT2D eigenvalue weighted by Crippen LogP contribution is -1.88. The number of nitrogens with zero attached hydrogens (tertiary/aromatic N) is 2. The van der Waals surface area contributed by atoms with Crippen LogP contribution in [0.5, 0.6) is 0 Å². The Labute approximate surface area is 125 Å². The molecule has 1 aromatic carbocycles. The molecule has 1 aromatic heterocycles. The molecule has 0 radical (unpaired) electrons. The predicted octanol–water partition coefficient (Wildman–Crippen LogP) is 5.00. The molecule has 104 valence electrons. The number of non-ortho nitro benzene ring substituents is 1. The summed E-state index contributed by atoms with van der Waals surface area (Å²) in [4.78, 5) is 14.7. The SMILES string of the molecule is CC(C)c1nc(/C=C/c2cccc([N+](=O)[O-])c2)sc1Cl. The molecule has 0 unspecified atom stereocenters. The molecule has 4 nitrogen and oxygen atoms in total. The second-order valence-corrected chi connectivity index (χ2v) is 6.18. The molecule has 0 aliphatic rings. The van der Waals surface area contributed by atoms with E-state index in [-0.39, 0.29) is 11.6 Å². The lowest BCUT2D eigenvalue weighted by molar-refractivity contribution is -0.384. The van der Waals surface area contributed by atoms with E-state index in [1.807, 2.05) is 26.0 Å². The Hall–Kier alpha value is -1.72. The van der Waals surface area contributed by atoms with Gasteiger partial charge in [-0.05, 0) is 17.6 Å². The second-order valence-electron chi connectivity index (χ2n) is 4.55. The van der Waals surface area contributed by atoms with Crippen LogP contribution in [0.25, 0.3) is 12.2 Å². The maximum absolute atomic E-state index is 10.7. The summed E-state index contributed by atoms with van der Waals surface area (Å²) >= 11 is 7.53. The van der Waals surface area contributed by atoms with Crippen LogP contribution in [0.3, 0.4) is 0 Å². The summed E-state index contributed by atoms with van der Waals surface area (Å²) in [5, 5.41) is 11.5. The van der Waals surface area contributed by atoms with Gasteiger partial charge >= 0.3 is 0 Å². The van der Waals surface area contributed by atoms with E-state index in [0.29, 0.717) is 4.34 Å². The maximum Gasteiger partial charge on any atom is 0.270 e. The van der Waals surface area contributed by atoms with Crippen LogP contribution in [0, 0.1) is 10.1 Å². The van der Waals surface area contributed by atoms with Crippen LogP contribution in [-0.2, 0) is 0 Å². The minimum absolute atomic E-state index is 0.0761. The third-order valence-electron chi connectivity index (χ3n) is 2.67. The molecule has 2 aromatic rings. The van der Waals surface area contributed by atoms with E-state index in [9.17, 15) is 10.1 Å². The van der Waals surface area contributed by atoms with Crippen molar-refractivity contribution in [1.82, 2.24) is 4.98 Å². The average molecular weight is 309 g/mol. The van der Waals surface area contributed by atoms with Crippen molar-refractivity contribution in [3.05, 3.63) is 55.0 Å². The van der Waals surface area contributed by atoms with E-state index in [2.05, 4.69) is 4.98 Å². The average Bonchev–Trinajstić information content (AvgIpc) is 2.78. The molecule has 0 amide bonds. The molecular weight excluding hydrogens is 296 g/mol. The second kappa shape index (κ2) is 6.15. The van der Waals surface area contributed by atoms with Crippen molar-refractivity contribution >= 4 is 40.8 Å². The number of nitro groups is 1. The lowest BCUT2D eigenvalue weighted by Gasteiger charge is -1.97. The van der Waals surface area contributed by atoms with E-state index in [0.717, 1.165) is 16.3 Å². The minimum Gasteiger partial charge on any atom is -0.258 e. The number of benzene rings is 1. The number of rotatable bonds is 4. The van der Waals surface area contributed by atoms with Crippen molar-refractivity contribution in [3.8, 4) is 0 Å². The maximum atomic E-state index is 10.7. The molecule has 0 saturated heterocycles. The smallest absolute Gasteiger partial charge is 0.258 e. The zero-order valence-corrected chi connectivity index (χ0v) is 12.6. The highest BCUT2D eigenvalue weighted by atomic mass is 35.5. The predicted molar refractivity (Wildman–Crippen MR) is 83.2 cm³/mol. The first kappa shape index (κ1) is 14.7. The number of halogens is 1. The monoisotopic (exact) mass is 308 g/mol. The lowest BCUT2D eigenvalue weighted by atomic mass is 10.2. The fourth-order valence-corrected chi connectivity index (χ4v) is 3.01. The summed E-state index contributed by atoms with van der Waals surface area (Å²) in [5.41, 5.74) is 1.72. The van der Waals surface area contributed by atoms with Crippen molar-refractivity contribution in [2.75, 3.05) is 0 Å². The summed E-state index contributed by atoms with van der Waals surface area (Å²) in [7, 11) is 0. The minimum atomic E-state index is -0.408. The van der Waals surface area contributed by atoms with Gasteiger partial charge in [0.1, 0.15) is 9.34 Å². The highest BCUT2D eigenvalue weighted by molar-refractivity contribution is 7.16. The van der Waals surface area contributed by atoms with Crippen molar-refractivity contribution in [2.45, 2.75) is 19.8 Å². The first-order valence-electron chi connectivity index (χ1n) is 6.06. The molecule has 20 heavy (non-hydrogen) atoms. The van der Waals surface area contributed by atoms with Crippen molar-refractivity contribution in [3.63, 3.8) is 0 Å². The van der Waals surface area contributed by atoms with Crippen molar-refractivity contribution in [1.29, 1.82) is 0 Å². The van der Waals surface area contributed by atoms with E-state index < -0.39 is 4.92 Å². The largest absolute Gasteiger partial charge is 0.270 e.